The number of nitrogens with one attached hydrogen (secondary N) is 1. The van der Waals surface area contributed by atoms with Crippen molar-refractivity contribution in [2.75, 3.05) is 0 Å². The Morgan fingerprint density at radius 1 is 1.15 bits per heavy atom. The zero-order valence-electron chi connectivity index (χ0n) is 19.6. The Morgan fingerprint density at radius 3 is 2.62 bits per heavy atom. The predicted molar refractivity (Wildman–Crippen MR) is 129 cm³/mol. The van der Waals surface area contributed by atoms with Gasteiger partial charge in [0.2, 0.25) is 0 Å². The van der Waals surface area contributed by atoms with E-state index >= 15 is 0 Å². The van der Waals surface area contributed by atoms with Crippen LogP contribution in [0.15, 0.2) is 65.4 Å². The summed E-state index contributed by atoms with van der Waals surface area (Å²) in [5.41, 5.74) is 5.75. The molecule has 4 heterocycles. The SMILES string of the molecule is Cc1nn(C)c(C)c1C(C)NC(=O)c1cc(-c2ccccc2)nc2c1cnn2Cc1ccco1. The maximum absolute atomic E-state index is 13.6. The molecule has 1 atom stereocenters. The molecule has 0 fully saturated rings. The number of fused-ring (bicyclic) bond motifs is 1. The van der Waals surface area contributed by atoms with E-state index in [-0.39, 0.29) is 11.9 Å². The number of amides is 1. The van der Waals surface area contributed by atoms with Crippen LogP contribution in [0.25, 0.3) is 22.3 Å². The van der Waals surface area contributed by atoms with E-state index in [9.17, 15) is 4.79 Å². The zero-order chi connectivity index (χ0) is 23.8. The zero-order valence-corrected chi connectivity index (χ0v) is 19.6. The molecule has 0 spiro atoms. The first-order valence-corrected chi connectivity index (χ1v) is 11.2. The van der Waals surface area contributed by atoms with E-state index in [1.54, 1.807) is 17.1 Å². The van der Waals surface area contributed by atoms with E-state index in [0.717, 1.165) is 28.3 Å². The Bertz CT molecular complexity index is 1460. The number of furan rings is 1. The van der Waals surface area contributed by atoms with Crippen LogP contribution in [-0.2, 0) is 13.6 Å². The first-order chi connectivity index (χ1) is 16.4. The van der Waals surface area contributed by atoms with Crippen molar-refractivity contribution in [3.8, 4) is 11.3 Å². The number of hydrogen-bond acceptors (Lipinski definition) is 5. The third-order valence-electron chi connectivity index (χ3n) is 6.15. The van der Waals surface area contributed by atoms with Gasteiger partial charge in [0.15, 0.2) is 5.65 Å². The van der Waals surface area contributed by atoms with Crippen LogP contribution in [0.5, 0.6) is 0 Å². The van der Waals surface area contributed by atoms with Crippen molar-refractivity contribution in [1.82, 2.24) is 29.9 Å². The Balaban J connectivity index is 1.57. The molecule has 34 heavy (non-hydrogen) atoms. The van der Waals surface area contributed by atoms with Crippen LogP contribution in [0.3, 0.4) is 0 Å². The average molecular weight is 455 g/mol. The minimum absolute atomic E-state index is 0.183. The molecular weight excluding hydrogens is 428 g/mol. The number of aryl methyl sites for hydroxylation is 2. The quantitative estimate of drug-likeness (QED) is 0.406. The number of nitrogens with zero attached hydrogens (tertiary/aromatic N) is 5. The first kappa shape index (κ1) is 21.6. The Labute approximate surface area is 197 Å². The van der Waals surface area contributed by atoms with Crippen molar-refractivity contribution in [2.45, 2.75) is 33.4 Å². The summed E-state index contributed by atoms with van der Waals surface area (Å²) in [7, 11) is 1.91. The summed E-state index contributed by atoms with van der Waals surface area (Å²) in [6.45, 7) is 6.37. The summed E-state index contributed by atoms with van der Waals surface area (Å²) in [4.78, 5) is 18.4. The van der Waals surface area contributed by atoms with Gasteiger partial charge in [-0.15, -0.1) is 0 Å². The van der Waals surface area contributed by atoms with Crippen LogP contribution in [-0.4, -0.2) is 30.5 Å². The summed E-state index contributed by atoms with van der Waals surface area (Å²) in [5.74, 6) is 0.580. The standard InChI is InChI=1S/C26H26N6O2/c1-16(24-17(2)30-31(4)18(24)3)28-26(33)21-13-23(19-9-6-5-7-10-19)29-25-22(21)14-27-32(25)15-20-11-8-12-34-20/h5-14,16H,15H2,1-4H3,(H,28,33). The highest BCUT2D eigenvalue weighted by Crippen LogP contribution is 2.27. The molecule has 4 aromatic heterocycles. The lowest BCUT2D eigenvalue weighted by molar-refractivity contribution is 0.0941. The fraction of sp³-hybridized carbons (Fsp3) is 0.231. The second kappa shape index (κ2) is 8.62. The monoisotopic (exact) mass is 454 g/mol. The van der Waals surface area contributed by atoms with E-state index in [2.05, 4.69) is 15.5 Å². The first-order valence-electron chi connectivity index (χ1n) is 11.2. The maximum atomic E-state index is 13.6. The van der Waals surface area contributed by atoms with Gasteiger partial charge in [-0.3, -0.25) is 9.48 Å². The van der Waals surface area contributed by atoms with E-state index < -0.39 is 0 Å². The molecular formula is C26H26N6O2. The molecule has 0 aliphatic carbocycles. The van der Waals surface area contributed by atoms with Crippen molar-refractivity contribution in [3.05, 3.63) is 89.3 Å². The van der Waals surface area contributed by atoms with Gasteiger partial charge in [0, 0.05) is 23.9 Å². The normalized spacial score (nSPS) is 12.2. The third kappa shape index (κ3) is 3.87. The molecule has 0 aliphatic rings. The lowest BCUT2D eigenvalue weighted by Gasteiger charge is -2.16. The van der Waals surface area contributed by atoms with Gasteiger partial charge in [0.25, 0.3) is 5.91 Å². The van der Waals surface area contributed by atoms with Gasteiger partial charge >= 0.3 is 0 Å². The van der Waals surface area contributed by atoms with Gasteiger partial charge < -0.3 is 9.73 Å². The Morgan fingerprint density at radius 2 is 1.94 bits per heavy atom. The highest BCUT2D eigenvalue weighted by atomic mass is 16.3. The van der Waals surface area contributed by atoms with E-state index in [0.29, 0.717) is 28.8 Å². The van der Waals surface area contributed by atoms with Crippen LogP contribution < -0.4 is 5.32 Å². The molecule has 1 aromatic carbocycles. The van der Waals surface area contributed by atoms with Gasteiger partial charge in [-0.1, -0.05) is 30.3 Å². The fourth-order valence-electron chi connectivity index (χ4n) is 4.42. The second-order valence-corrected chi connectivity index (χ2v) is 8.44. The van der Waals surface area contributed by atoms with Crippen molar-refractivity contribution >= 4 is 16.9 Å². The second-order valence-electron chi connectivity index (χ2n) is 8.44. The molecule has 5 rings (SSSR count). The van der Waals surface area contributed by atoms with Gasteiger partial charge in [0.05, 0.1) is 40.8 Å². The molecule has 172 valence electrons. The van der Waals surface area contributed by atoms with Crippen LogP contribution in [0.2, 0.25) is 0 Å². The summed E-state index contributed by atoms with van der Waals surface area (Å²) >= 11 is 0. The van der Waals surface area contributed by atoms with Gasteiger partial charge in [-0.2, -0.15) is 10.2 Å². The maximum Gasteiger partial charge on any atom is 0.252 e. The number of hydrogen-bond donors (Lipinski definition) is 1. The molecule has 1 unspecified atom stereocenters. The summed E-state index contributed by atoms with van der Waals surface area (Å²) in [6.07, 6.45) is 3.33. The van der Waals surface area contributed by atoms with Gasteiger partial charge in [0.1, 0.15) is 12.3 Å². The average Bonchev–Trinajstić information content (AvgIpc) is 3.54. The minimum Gasteiger partial charge on any atom is -0.467 e. The lowest BCUT2D eigenvalue weighted by Crippen LogP contribution is -2.27. The molecule has 0 bridgehead atoms. The number of carbonyl (C=O) groups excluding carboxylic acids is 1. The van der Waals surface area contributed by atoms with E-state index in [1.807, 2.05) is 81.0 Å². The number of pyridine rings is 1. The van der Waals surface area contributed by atoms with E-state index in [1.165, 1.54) is 0 Å². The molecule has 0 aliphatic heterocycles. The van der Waals surface area contributed by atoms with Crippen LogP contribution in [0.4, 0.5) is 0 Å². The largest absolute Gasteiger partial charge is 0.467 e. The molecule has 8 nitrogen and oxygen atoms in total. The third-order valence-corrected chi connectivity index (χ3v) is 6.15. The molecule has 1 N–H and O–H groups in total. The minimum atomic E-state index is -0.206. The summed E-state index contributed by atoms with van der Waals surface area (Å²) in [6, 6.07) is 15.2. The molecule has 8 heteroatoms. The topological polar surface area (TPSA) is 90.8 Å². The lowest BCUT2D eigenvalue weighted by atomic mass is 10.0. The van der Waals surface area contributed by atoms with Crippen molar-refractivity contribution in [3.63, 3.8) is 0 Å². The molecule has 0 radical (unpaired) electrons. The Hall–Kier alpha value is -4.20. The fourth-order valence-corrected chi connectivity index (χ4v) is 4.42. The number of rotatable bonds is 6. The van der Waals surface area contributed by atoms with Crippen LogP contribution >= 0.6 is 0 Å². The van der Waals surface area contributed by atoms with Gasteiger partial charge in [-0.25, -0.2) is 9.67 Å². The van der Waals surface area contributed by atoms with Gasteiger partial charge in [-0.05, 0) is 39.0 Å². The Kier molecular flexibility index (Phi) is 5.49. The van der Waals surface area contributed by atoms with Crippen molar-refractivity contribution in [1.29, 1.82) is 0 Å². The summed E-state index contributed by atoms with van der Waals surface area (Å²) in [5, 5.41) is 12.9. The highest BCUT2D eigenvalue weighted by molar-refractivity contribution is 6.06. The smallest absolute Gasteiger partial charge is 0.252 e. The predicted octanol–water partition coefficient (Wildman–Crippen LogP) is 4.58. The molecule has 1 amide bonds. The highest BCUT2D eigenvalue weighted by Gasteiger charge is 2.22. The molecule has 5 aromatic rings. The van der Waals surface area contributed by atoms with Crippen molar-refractivity contribution < 1.29 is 9.21 Å². The van der Waals surface area contributed by atoms with E-state index in [4.69, 9.17) is 9.40 Å². The van der Waals surface area contributed by atoms with Crippen LogP contribution in [0.1, 0.15) is 46.0 Å². The molecule has 0 saturated heterocycles. The van der Waals surface area contributed by atoms with Crippen molar-refractivity contribution in [2.24, 2.45) is 7.05 Å². The number of benzene rings is 1. The van der Waals surface area contributed by atoms with Crippen LogP contribution in [0, 0.1) is 13.8 Å². The number of aromatic nitrogens is 5. The summed E-state index contributed by atoms with van der Waals surface area (Å²) < 4.78 is 9.10. The number of carbonyl (C=O) groups is 1. The molecule has 0 saturated carbocycles.